The number of fused-ring (bicyclic) bond motifs is 3. The van der Waals surface area contributed by atoms with E-state index < -0.39 is 0 Å². The fourth-order valence-electron chi connectivity index (χ4n) is 4.48. The maximum atomic E-state index is 13.6. The van der Waals surface area contributed by atoms with Gasteiger partial charge in [0.1, 0.15) is 0 Å². The van der Waals surface area contributed by atoms with Crippen LogP contribution >= 0.6 is 45.9 Å². The van der Waals surface area contributed by atoms with Crippen LogP contribution in [0.15, 0.2) is 75.3 Å². The summed E-state index contributed by atoms with van der Waals surface area (Å²) >= 11 is 15.5. The average molecular weight is 495 g/mol. The average Bonchev–Trinajstić information content (AvgIpc) is 3.43. The molecular weight excluding hydrogens is 479 g/mol. The second-order valence-electron chi connectivity index (χ2n) is 7.79. The van der Waals surface area contributed by atoms with Crippen molar-refractivity contribution in [2.24, 2.45) is 4.99 Å². The van der Waals surface area contributed by atoms with E-state index in [2.05, 4.69) is 35.7 Å². The molecule has 7 heteroatoms. The number of nitrogens with zero attached hydrogens (tertiary/aromatic N) is 2. The molecule has 0 amide bonds. The summed E-state index contributed by atoms with van der Waals surface area (Å²) in [6.45, 7) is 0. The molecule has 0 saturated carbocycles. The zero-order valence-corrected chi connectivity index (χ0v) is 19.9. The third-order valence-corrected chi connectivity index (χ3v) is 8.40. The van der Waals surface area contributed by atoms with E-state index in [-0.39, 0.29) is 11.6 Å². The van der Waals surface area contributed by atoms with E-state index in [0.29, 0.717) is 14.6 Å². The smallest absolute Gasteiger partial charge is 0.271 e. The van der Waals surface area contributed by atoms with Gasteiger partial charge in [-0.15, -0.1) is 11.3 Å². The second kappa shape index (κ2) is 7.85. The molecule has 3 nitrogen and oxygen atoms in total. The first kappa shape index (κ1) is 20.2. The Kier molecular flexibility index (Phi) is 4.95. The van der Waals surface area contributed by atoms with Gasteiger partial charge in [-0.05, 0) is 59.2 Å². The summed E-state index contributed by atoms with van der Waals surface area (Å²) in [5.74, 6) is 0. The molecule has 32 heavy (non-hydrogen) atoms. The van der Waals surface area contributed by atoms with Crippen molar-refractivity contribution in [3.05, 3.63) is 117 Å². The fourth-order valence-corrected chi connectivity index (χ4v) is 6.78. The van der Waals surface area contributed by atoms with Crippen LogP contribution in [0.2, 0.25) is 10.0 Å². The number of hydrogen-bond donors (Lipinski definition) is 0. The summed E-state index contributed by atoms with van der Waals surface area (Å²) in [5.41, 5.74) is 5.45. The van der Waals surface area contributed by atoms with Gasteiger partial charge < -0.3 is 0 Å². The molecule has 0 fully saturated rings. The Morgan fingerprint density at radius 3 is 2.75 bits per heavy atom. The third-order valence-electron chi connectivity index (χ3n) is 5.93. The van der Waals surface area contributed by atoms with Crippen LogP contribution in [0.25, 0.3) is 11.8 Å². The molecule has 0 unspecified atom stereocenters. The van der Waals surface area contributed by atoms with Crippen molar-refractivity contribution in [1.82, 2.24) is 4.57 Å². The lowest BCUT2D eigenvalue weighted by Crippen LogP contribution is -2.38. The van der Waals surface area contributed by atoms with E-state index in [0.717, 1.165) is 33.8 Å². The Balaban J connectivity index is 1.62. The molecule has 2 aliphatic rings. The number of thiazole rings is 1. The Morgan fingerprint density at radius 1 is 1.06 bits per heavy atom. The van der Waals surface area contributed by atoms with Crippen molar-refractivity contribution < 1.29 is 0 Å². The zero-order chi connectivity index (χ0) is 21.8. The van der Waals surface area contributed by atoms with Gasteiger partial charge in [0, 0.05) is 20.5 Å². The first-order valence-electron chi connectivity index (χ1n) is 10.2. The SMILES string of the molecule is O=c1/c(=C\c2ccc(Cl)cc2Cl)sc2n1[C@@H](c1cccs1)C1=C(N=2)c2ccccc2CC1. The summed E-state index contributed by atoms with van der Waals surface area (Å²) in [6.07, 6.45) is 3.69. The van der Waals surface area contributed by atoms with Gasteiger partial charge in [-0.2, -0.15) is 0 Å². The van der Waals surface area contributed by atoms with Crippen LogP contribution in [0.5, 0.6) is 0 Å². The van der Waals surface area contributed by atoms with Crippen molar-refractivity contribution in [3.8, 4) is 0 Å². The summed E-state index contributed by atoms with van der Waals surface area (Å²) in [6, 6.07) is 17.8. The maximum Gasteiger partial charge on any atom is 0.271 e. The summed E-state index contributed by atoms with van der Waals surface area (Å²) in [5, 5.41) is 3.15. The monoisotopic (exact) mass is 494 g/mol. The highest BCUT2D eigenvalue weighted by Crippen LogP contribution is 2.42. The van der Waals surface area contributed by atoms with Crippen LogP contribution in [0.3, 0.4) is 0 Å². The van der Waals surface area contributed by atoms with Crippen molar-refractivity contribution in [2.45, 2.75) is 18.9 Å². The van der Waals surface area contributed by atoms with Crippen LogP contribution < -0.4 is 14.9 Å². The molecule has 2 aromatic heterocycles. The quantitative estimate of drug-likeness (QED) is 0.352. The van der Waals surface area contributed by atoms with E-state index in [1.54, 1.807) is 23.5 Å². The fraction of sp³-hybridized carbons (Fsp3) is 0.120. The number of benzene rings is 2. The van der Waals surface area contributed by atoms with Crippen molar-refractivity contribution in [3.63, 3.8) is 0 Å². The Hall–Kier alpha value is -2.44. The number of hydrogen-bond acceptors (Lipinski definition) is 4. The van der Waals surface area contributed by atoms with Crippen molar-refractivity contribution in [1.29, 1.82) is 0 Å². The Morgan fingerprint density at radius 2 is 1.94 bits per heavy atom. The van der Waals surface area contributed by atoms with Gasteiger partial charge in [-0.1, -0.05) is 70.9 Å². The van der Waals surface area contributed by atoms with Gasteiger partial charge in [-0.3, -0.25) is 9.36 Å². The Bertz CT molecular complexity index is 1580. The van der Waals surface area contributed by atoms with Crippen LogP contribution in [0, 0.1) is 0 Å². The number of rotatable bonds is 2. The van der Waals surface area contributed by atoms with Gasteiger partial charge in [0.15, 0.2) is 4.80 Å². The predicted octanol–water partition coefficient (Wildman–Crippen LogP) is 5.69. The van der Waals surface area contributed by atoms with Crippen LogP contribution in [-0.2, 0) is 6.42 Å². The second-order valence-corrected chi connectivity index (χ2v) is 10.6. The molecule has 4 aromatic rings. The highest BCUT2D eigenvalue weighted by molar-refractivity contribution is 7.10. The van der Waals surface area contributed by atoms with Gasteiger partial charge in [0.05, 0.1) is 16.3 Å². The lowest BCUT2D eigenvalue weighted by Gasteiger charge is -2.30. The minimum atomic E-state index is -0.127. The molecule has 0 saturated heterocycles. The number of halogens is 2. The van der Waals surface area contributed by atoms with E-state index in [1.165, 1.54) is 28.0 Å². The molecule has 0 N–H and O–H groups in total. The number of aromatic nitrogens is 1. The first-order valence-corrected chi connectivity index (χ1v) is 12.7. The molecule has 6 rings (SSSR count). The normalized spacial score (nSPS) is 17.6. The topological polar surface area (TPSA) is 34.4 Å². The van der Waals surface area contributed by atoms with Crippen LogP contribution in [-0.4, -0.2) is 4.57 Å². The summed E-state index contributed by atoms with van der Waals surface area (Å²) < 4.78 is 2.47. The molecule has 1 atom stereocenters. The highest BCUT2D eigenvalue weighted by Gasteiger charge is 2.32. The largest absolute Gasteiger partial charge is 0.271 e. The third kappa shape index (κ3) is 3.23. The van der Waals surface area contributed by atoms with E-state index in [4.69, 9.17) is 28.2 Å². The van der Waals surface area contributed by atoms with Crippen molar-refractivity contribution in [2.75, 3.05) is 0 Å². The Labute approximate surface area is 202 Å². The van der Waals surface area contributed by atoms with E-state index >= 15 is 0 Å². The maximum absolute atomic E-state index is 13.6. The van der Waals surface area contributed by atoms with Gasteiger partial charge in [0.25, 0.3) is 5.56 Å². The number of aryl methyl sites for hydroxylation is 1. The standard InChI is InChI=1S/C25H16Cl2N2OS2/c26-16-9-7-15(19(27)13-16)12-21-24(30)29-23(20-6-3-11-31-20)18-10-8-14-4-1-2-5-17(14)22(18)28-25(29)32-21/h1-7,9,11-13,23H,8,10H2/b21-12+/t23-/m1/s1. The summed E-state index contributed by atoms with van der Waals surface area (Å²) in [7, 11) is 0. The number of thiophene rings is 1. The molecule has 3 heterocycles. The van der Waals surface area contributed by atoms with Crippen LogP contribution in [0.1, 0.15) is 34.0 Å². The molecule has 158 valence electrons. The molecule has 1 aliphatic heterocycles. The van der Waals surface area contributed by atoms with Gasteiger partial charge in [0.2, 0.25) is 0 Å². The lowest BCUT2D eigenvalue weighted by molar-refractivity contribution is 0.593. The molecule has 0 bridgehead atoms. The highest BCUT2D eigenvalue weighted by atomic mass is 35.5. The van der Waals surface area contributed by atoms with E-state index in [1.807, 2.05) is 22.8 Å². The summed E-state index contributed by atoms with van der Waals surface area (Å²) in [4.78, 5) is 20.5. The molecular formula is C25H16Cl2N2OS2. The zero-order valence-electron chi connectivity index (χ0n) is 16.7. The lowest BCUT2D eigenvalue weighted by atomic mass is 9.85. The predicted molar refractivity (Wildman–Crippen MR) is 134 cm³/mol. The molecule has 0 spiro atoms. The minimum absolute atomic E-state index is 0.0384. The van der Waals surface area contributed by atoms with Gasteiger partial charge >= 0.3 is 0 Å². The van der Waals surface area contributed by atoms with Crippen molar-refractivity contribution >= 4 is 57.6 Å². The van der Waals surface area contributed by atoms with Gasteiger partial charge in [-0.25, -0.2) is 4.99 Å². The van der Waals surface area contributed by atoms with Crippen LogP contribution in [0.4, 0.5) is 0 Å². The number of allylic oxidation sites excluding steroid dienone is 1. The van der Waals surface area contributed by atoms with E-state index in [9.17, 15) is 4.79 Å². The first-order chi connectivity index (χ1) is 15.6. The molecule has 2 aromatic carbocycles. The molecule has 1 aliphatic carbocycles. The molecule has 0 radical (unpaired) electrons. The minimum Gasteiger partial charge on any atom is -0.271 e.